The third-order valence-electron chi connectivity index (χ3n) is 6.12. The van der Waals surface area contributed by atoms with Crippen LogP contribution in [0.1, 0.15) is 47.9 Å². The first kappa shape index (κ1) is 24.1. The molecule has 3 aromatic carbocycles. The number of esters is 1. The van der Waals surface area contributed by atoms with Gasteiger partial charge in [-0.15, -0.1) is 0 Å². The van der Waals surface area contributed by atoms with Crippen LogP contribution in [0, 0.1) is 5.92 Å². The quantitative estimate of drug-likeness (QED) is 0.357. The van der Waals surface area contributed by atoms with Gasteiger partial charge in [0.1, 0.15) is 6.04 Å². The van der Waals surface area contributed by atoms with E-state index in [1.165, 1.54) is 0 Å². The highest BCUT2D eigenvalue weighted by atomic mass is 16.5. The molecule has 4 rings (SSSR count). The molecule has 0 saturated heterocycles. The van der Waals surface area contributed by atoms with Gasteiger partial charge in [-0.2, -0.15) is 0 Å². The van der Waals surface area contributed by atoms with Gasteiger partial charge in [-0.3, -0.25) is 19.3 Å². The van der Waals surface area contributed by atoms with Gasteiger partial charge >= 0.3 is 5.97 Å². The molecule has 0 saturated carbocycles. The number of fused-ring (bicyclic) bond motifs is 2. The molecule has 1 heterocycles. The van der Waals surface area contributed by atoms with E-state index in [-0.39, 0.29) is 29.4 Å². The van der Waals surface area contributed by atoms with Crippen LogP contribution in [0.15, 0.2) is 66.7 Å². The second kappa shape index (κ2) is 10.1. The summed E-state index contributed by atoms with van der Waals surface area (Å²) in [5, 5.41) is 1.91. The zero-order chi connectivity index (χ0) is 25.1. The Morgan fingerprint density at radius 1 is 0.886 bits per heavy atom. The minimum Gasteiger partial charge on any atom is -0.454 e. The topological polar surface area (TPSA) is 84.0 Å². The second-order valence-corrected chi connectivity index (χ2v) is 8.92. The average molecular weight is 473 g/mol. The summed E-state index contributed by atoms with van der Waals surface area (Å²) >= 11 is 0. The van der Waals surface area contributed by atoms with Crippen molar-refractivity contribution in [1.29, 1.82) is 0 Å². The molecule has 1 aliphatic rings. The van der Waals surface area contributed by atoms with Gasteiger partial charge in [0.2, 0.25) is 0 Å². The molecular weight excluding hydrogens is 444 g/mol. The maximum atomic E-state index is 13.1. The molecule has 0 bridgehead atoms. The van der Waals surface area contributed by atoms with Crippen LogP contribution < -0.4 is 4.90 Å². The number of carbonyl (C=O) groups is 4. The molecule has 7 heteroatoms. The summed E-state index contributed by atoms with van der Waals surface area (Å²) in [4.78, 5) is 54.7. The molecule has 1 aliphatic heterocycles. The molecular formula is C28H28N2O5. The highest BCUT2D eigenvalue weighted by Crippen LogP contribution is 2.29. The number of ether oxygens (including phenoxy) is 1. The third-order valence-corrected chi connectivity index (χ3v) is 6.12. The lowest BCUT2D eigenvalue weighted by molar-refractivity contribution is -0.152. The summed E-state index contributed by atoms with van der Waals surface area (Å²) in [6, 6.07) is 18.8. The Kier molecular flexibility index (Phi) is 6.96. The van der Waals surface area contributed by atoms with Crippen molar-refractivity contribution in [2.75, 3.05) is 18.1 Å². The van der Waals surface area contributed by atoms with Gasteiger partial charge in [0.05, 0.1) is 16.8 Å². The van der Waals surface area contributed by atoms with Crippen LogP contribution in [0.5, 0.6) is 0 Å². The van der Waals surface area contributed by atoms with Gasteiger partial charge in [0, 0.05) is 11.9 Å². The van der Waals surface area contributed by atoms with Gasteiger partial charge in [-0.05, 0) is 42.8 Å². The van der Waals surface area contributed by atoms with E-state index >= 15 is 0 Å². The van der Waals surface area contributed by atoms with Crippen LogP contribution in [0.3, 0.4) is 0 Å². The number of nitrogens with zero attached hydrogens (tertiary/aromatic N) is 2. The highest BCUT2D eigenvalue weighted by Gasteiger charge is 2.43. The molecule has 0 aromatic heterocycles. The number of carbonyl (C=O) groups excluding carboxylic acids is 4. The predicted octanol–water partition coefficient (Wildman–Crippen LogP) is 4.45. The Hall–Kier alpha value is -4.00. The lowest BCUT2D eigenvalue weighted by Gasteiger charge is -2.27. The first-order chi connectivity index (χ1) is 16.8. The zero-order valence-corrected chi connectivity index (χ0v) is 20.1. The molecule has 0 fully saturated rings. The number of anilines is 1. The molecule has 3 amide bonds. The normalized spacial score (nSPS) is 13.8. The van der Waals surface area contributed by atoms with Crippen molar-refractivity contribution in [3.8, 4) is 0 Å². The summed E-state index contributed by atoms with van der Waals surface area (Å²) in [7, 11) is 0. The molecule has 7 nitrogen and oxygen atoms in total. The molecule has 0 radical (unpaired) electrons. The van der Waals surface area contributed by atoms with E-state index in [0.717, 1.165) is 21.4 Å². The van der Waals surface area contributed by atoms with Gasteiger partial charge in [0.25, 0.3) is 17.7 Å². The fourth-order valence-electron chi connectivity index (χ4n) is 4.48. The van der Waals surface area contributed by atoms with Gasteiger partial charge < -0.3 is 9.64 Å². The average Bonchev–Trinajstić information content (AvgIpc) is 3.11. The fourth-order valence-corrected chi connectivity index (χ4v) is 4.48. The molecule has 1 unspecified atom stereocenters. The molecule has 0 N–H and O–H groups in total. The van der Waals surface area contributed by atoms with Gasteiger partial charge in [-0.1, -0.05) is 62.4 Å². The van der Waals surface area contributed by atoms with Gasteiger partial charge in [0.15, 0.2) is 6.61 Å². The number of rotatable bonds is 8. The Morgan fingerprint density at radius 2 is 1.49 bits per heavy atom. The number of imide groups is 1. The van der Waals surface area contributed by atoms with E-state index in [2.05, 4.69) is 0 Å². The first-order valence-electron chi connectivity index (χ1n) is 11.7. The maximum absolute atomic E-state index is 13.1. The number of amides is 3. The smallest absolute Gasteiger partial charge is 0.329 e. The van der Waals surface area contributed by atoms with E-state index in [9.17, 15) is 19.2 Å². The number of hydrogen-bond donors (Lipinski definition) is 0. The van der Waals surface area contributed by atoms with Crippen molar-refractivity contribution in [3.05, 3.63) is 77.9 Å². The molecule has 0 aliphatic carbocycles. The minimum absolute atomic E-state index is 0.00962. The lowest BCUT2D eigenvalue weighted by Crippen LogP contribution is -2.47. The summed E-state index contributed by atoms with van der Waals surface area (Å²) in [5.41, 5.74) is 1.26. The number of benzene rings is 3. The van der Waals surface area contributed by atoms with Crippen molar-refractivity contribution in [1.82, 2.24) is 4.90 Å². The van der Waals surface area contributed by atoms with Crippen LogP contribution in [0.25, 0.3) is 10.8 Å². The minimum atomic E-state index is -1.11. The Labute approximate surface area is 204 Å². The molecule has 0 spiro atoms. The van der Waals surface area contributed by atoms with Crippen LogP contribution in [0.2, 0.25) is 0 Å². The van der Waals surface area contributed by atoms with Gasteiger partial charge in [-0.25, -0.2) is 4.79 Å². The van der Waals surface area contributed by atoms with E-state index in [4.69, 9.17) is 4.74 Å². The first-order valence-corrected chi connectivity index (χ1v) is 11.7. The highest BCUT2D eigenvalue weighted by molar-refractivity contribution is 6.22. The number of hydrogen-bond acceptors (Lipinski definition) is 5. The van der Waals surface area contributed by atoms with Crippen molar-refractivity contribution < 1.29 is 23.9 Å². The largest absolute Gasteiger partial charge is 0.454 e. The van der Waals surface area contributed by atoms with Crippen molar-refractivity contribution in [3.63, 3.8) is 0 Å². The van der Waals surface area contributed by atoms with Crippen LogP contribution in [-0.4, -0.2) is 47.8 Å². The predicted molar refractivity (Wildman–Crippen MR) is 133 cm³/mol. The van der Waals surface area contributed by atoms with E-state index in [1.54, 1.807) is 29.2 Å². The summed E-state index contributed by atoms with van der Waals surface area (Å²) < 4.78 is 5.41. The summed E-state index contributed by atoms with van der Waals surface area (Å²) in [6.07, 6.45) is 0.235. The second-order valence-electron chi connectivity index (χ2n) is 8.92. The zero-order valence-electron chi connectivity index (χ0n) is 20.1. The third kappa shape index (κ3) is 4.67. The lowest BCUT2D eigenvalue weighted by atomic mass is 10.0. The van der Waals surface area contributed by atoms with Crippen LogP contribution >= 0.6 is 0 Å². The van der Waals surface area contributed by atoms with Crippen LogP contribution in [0.4, 0.5) is 5.69 Å². The summed E-state index contributed by atoms with van der Waals surface area (Å²) in [6.45, 7) is 5.53. The van der Waals surface area contributed by atoms with Crippen LogP contribution in [-0.2, 0) is 14.3 Å². The Balaban J connectivity index is 1.52. The molecule has 1 atom stereocenters. The standard InChI is InChI=1S/C28H28N2O5/c1-4-29(23-15-9-11-19-10-5-6-12-20(19)23)25(31)17-35-28(34)24(16-18(2)3)30-26(32)21-13-7-8-14-22(21)27(30)33/h5-15,18,24H,4,16-17H2,1-3H3. The fraction of sp³-hybridized carbons (Fsp3) is 0.286. The molecule has 3 aromatic rings. The Morgan fingerprint density at radius 3 is 2.11 bits per heavy atom. The SMILES string of the molecule is CCN(C(=O)COC(=O)C(CC(C)C)N1C(=O)c2ccccc2C1=O)c1cccc2ccccc12. The summed E-state index contributed by atoms with van der Waals surface area (Å²) in [5.74, 6) is -2.19. The van der Waals surface area contributed by atoms with Crippen molar-refractivity contribution >= 4 is 40.2 Å². The number of likely N-dealkylation sites (N-methyl/N-ethyl adjacent to an activating group) is 1. The van der Waals surface area contributed by atoms with Crippen molar-refractivity contribution in [2.24, 2.45) is 5.92 Å². The Bertz CT molecular complexity index is 1260. The van der Waals surface area contributed by atoms with E-state index in [1.807, 2.05) is 63.2 Å². The van der Waals surface area contributed by atoms with Crippen molar-refractivity contribution in [2.45, 2.75) is 33.2 Å². The molecule has 180 valence electrons. The van der Waals surface area contributed by atoms with E-state index < -0.39 is 30.4 Å². The molecule has 35 heavy (non-hydrogen) atoms. The monoisotopic (exact) mass is 472 g/mol. The maximum Gasteiger partial charge on any atom is 0.329 e. The van der Waals surface area contributed by atoms with E-state index in [0.29, 0.717) is 6.54 Å².